The molecule has 0 spiro atoms. The van der Waals surface area contributed by atoms with E-state index in [4.69, 9.17) is 11.6 Å². The quantitative estimate of drug-likeness (QED) is 0.743. The van der Waals surface area contributed by atoms with E-state index in [1.807, 2.05) is 0 Å². The van der Waals surface area contributed by atoms with Crippen molar-refractivity contribution in [2.24, 2.45) is 0 Å². The summed E-state index contributed by atoms with van der Waals surface area (Å²) in [5.41, 5.74) is 1.26. The molecule has 0 aliphatic rings. The number of carbonyl (C=O) groups excluding carboxylic acids is 1. The SMILES string of the molecule is O=C(Nc1cccc(Cl)c1)c1cnc(Nc2cccc(F)c2)cn1. The van der Waals surface area contributed by atoms with Crippen LogP contribution >= 0.6 is 11.6 Å². The lowest BCUT2D eigenvalue weighted by molar-refractivity contribution is 0.102. The van der Waals surface area contributed by atoms with Crippen LogP contribution in [0.3, 0.4) is 0 Å². The number of amides is 1. The average molecular weight is 343 g/mol. The van der Waals surface area contributed by atoms with Crippen LogP contribution in [-0.4, -0.2) is 15.9 Å². The lowest BCUT2D eigenvalue weighted by Gasteiger charge is -2.07. The van der Waals surface area contributed by atoms with Gasteiger partial charge in [0.1, 0.15) is 17.3 Å². The number of hydrogen-bond donors (Lipinski definition) is 2. The van der Waals surface area contributed by atoms with Gasteiger partial charge in [-0.15, -0.1) is 0 Å². The summed E-state index contributed by atoms with van der Waals surface area (Å²) in [4.78, 5) is 20.3. The minimum Gasteiger partial charge on any atom is -0.339 e. The van der Waals surface area contributed by atoms with E-state index in [2.05, 4.69) is 20.6 Å². The van der Waals surface area contributed by atoms with Gasteiger partial charge in [0.2, 0.25) is 0 Å². The molecule has 0 bridgehead atoms. The van der Waals surface area contributed by atoms with E-state index in [0.717, 1.165) is 0 Å². The first-order chi connectivity index (χ1) is 11.6. The Bertz CT molecular complexity index is 870. The topological polar surface area (TPSA) is 66.9 Å². The molecule has 1 amide bonds. The molecule has 5 nitrogen and oxygen atoms in total. The van der Waals surface area contributed by atoms with Crippen molar-refractivity contribution in [3.63, 3.8) is 0 Å². The third kappa shape index (κ3) is 4.05. The Morgan fingerprint density at radius 2 is 1.79 bits per heavy atom. The van der Waals surface area contributed by atoms with Gasteiger partial charge in [0.15, 0.2) is 0 Å². The second kappa shape index (κ2) is 7.06. The van der Waals surface area contributed by atoms with E-state index in [0.29, 0.717) is 22.2 Å². The van der Waals surface area contributed by atoms with Crippen molar-refractivity contribution in [1.82, 2.24) is 9.97 Å². The number of halogens is 2. The molecule has 24 heavy (non-hydrogen) atoms. The van der Waals surface area contributed by atoms with Crippen LogP contribution in [0.25, 0.3) is 0 Å². The zero-order valence-electron chi connectivity index (χ0n) is 12.3. The number of nitrogens with one attached hydrogen (secondary N) is 2. The van der Waals surface area contributed by atoms with Crippen LogP contribution in [-0.2, 0) is 0 Å². The van der Waals surface area contributed by atoms with Crippen molar-refractivity contribution in [1.29, 1.82) is 0 Å². The molecule has 3 aromatic rings. The van der Waals surface area contributed by atoms with E-state index >= 15 is 0 Å². The molecule has 0 saturated carbocycles. The fourth-order valence-corrected chi connectivity index (χ4v) is 2.18. The zero-order chi connectivity index (χ0) is 16.9. The van der Waals surface area contributed by atoms with E-state index in [1.54, 1.807) is 36.4 Å². The monoisotopic (exact) mass is 342 g/mol. The number of nitrogens with zero attached hydrogens (tertiary/aromatic N) is 2. The zero-order valence-corrected chi connectivity index (χ0v) is 13.1. The summed E-state index contributed by atoms with van der Waals surface area (Å²) in [5, 5.41) is 6.11. The second-order valence-corrected chi connectivity index (χ2v) is 5.32. The highest BCUT2D eigenvalue weighted by atomic mass is 35.5. The van der Waals surface area contributed by atoms with Crippen molar-refractivity contribution in [3.05, 3.63) is 77.5 Å². The van der Waals surface area contributed by atoms with Gasteiger partial charge >= 0.3 is 0 Å². The Labute approximate surface area is 142 Å². The maximum absolute atomic E-state index is 13.1. The van der Waals surface area contributed by atoms with Crippen LogP contribution in [0, 0.1) is 5.82 Å². The van der Waals surface area contributed by atoms with Crippen molar-refractivity contribution in [2.75, 3.05) is 10.6 Å². The molecule has 0 aliphatic carbocycles. The first kappa shape index (κ1) is 15.9. The van der Waals surface area contributed by atoms with Gasteiger partial charge in [0.05, 0.1) is 12.4 Å². The third-order valence-electron chi connectivity index (χ3n) is 3.06. The highest BCUT2D eigenvalue weighted by Crippen LogP contribution is 2.17. The molecule has 7 heteroatoms. The normalized spacial score (nSPS) is 10.2. The van der Waals surface area contributed by atoms with Crippen LogP contribution in [0.2, 0.25) is 5.02 Å². The molecule has 2 aromatic carbocycles. The molecule has 120 valence electrons. The first-order valence-corrected chi connectivity index (χ1v) is 7.39. The number of aromatic nitrogens is 2. The fourth-order valence-electron chi connectivity index (χ4n) is 1.99. The highest BCUT2D eigenvalue weighted by molar-refractivity contribution is 6.30. The van der Waals surface area contributed by atoms with Crippen LogP contribution < -0.4 is 10.6 Å². The number of hydrogen-bond acceptors (Lipinski definition) is 4. The smallest absolute Gasteiger partial charge is 0.275 e. The van der Waals surface area contributed by atoms with Gasteiger partial charge in [-0.05, 0) is 36.4 Å². The summed E-state index contributed by atoms with van der Waals surface area (Å²) in [7, 11) is 0. The summed E-state index contributed by atoms with van der Waals surface area (Å²) < 4.78 is 13.1. The molecule has 1 heterocycles. The minimum atomic E-state index is -0.401. The third-order valence-corrected chi connectivity index (χ3v) is 3.30. The molecule has 1 aromatic heterocycles. The second-order valence-electron chi connectivity index (χ2n) is 4.89. The summed E-state index contributed by atoms with van der Waals surface area (Å²) >= 11 is 5.87. The van der Waals surface area contributed by atoms with Gasteiger partial charge < -0.3 is 10.6 Å². The molecule has 0 atom stereocenters. The van der Waals surface area contributed by atoms with Crippen LogP contribution in [0.4, 0.5) is 21.6 Å². The van der Waals surface area contributed by atoms with Gasteiger partial charge in [-0.3, -0.25) is 4.79 Å². The van der Waals surface area contributed by atoms with Gasteiger partial charge in [0, 0.05) is 16.4 Å². The number of benzene rings is 2. The lowest BCUT2D eigenvalue weighted by atomic mass is 10.3. The average Bonchev–Trinajstić information content (AvgIpc) is 2.55. The standard InChI is InChI=1S/C17H12ClFN4O/c18-11-3-1-5-13(7-11)23-17(24)15-9-21-16(10-20-15)22-14-6-2-4-12(19)8-14/h1-10H,(H,21,22)(H,23,24). The van der Waals surface area contributed by atoms with E-state index in [1.165, 1.54) is 24.5 Å². The van der Waals surface area contributed by atoms with Crippen LogP contribution in [0.15, 0.2) is 60.9 Å². The van der Waals surface area contributed by atoms with E-state index < -0.39 is 5.91 Å². The number of rotatable bonds is 4. The molecule has 0 saturated heterocycles. The summed E-state index contributed by atoms with van der Waals surface area (Å²) in [6.45, 7) is 0. The minimum absolute atomic E-state index is 0.153. The van der Waals surface area contributed by atoms with Crippen LogP contribution in [0.1, 0.15) is 10.5 Å². The van der Waals surface area contributed by atoms with Crippen molar-refractivity contribution in [3.8, 4) is 0 Å². The van der Waals surface area contributed by atoms with Crippen molar-refractivity contribution in [2.45, 2.75) is 0 Å². The van der Waals surface area contributed by atoms with Gasteiger partial charge in [-0.1, -0.05) is 23.7 Å². The Morgan fingerprint density at radius 3 is 2.50 bits per heavy atom. The number of anilines is 3. The van der Waals surface area contributed by atoms with Crippen molar-refractivity contribution < 1.29 is 9.18 Å². The van der Waals surface area contributed by atoms with Gasteiger partial charge in [-0.2, -0.15) is 0 Å². The van der Waals surface area contributed by atoms with Gasteiger partial charge in [0.25, 0.3) is 5.91 Å². The van der Waals surface area contributed by atoms with E-state index in [-0.39, 0.29) is 11.5 Å². The largest absolute Gasteiger partial charge is 0.339 e. The lowest BCUT2D eigenvalue weighted by Crippen LogP contribution is -2.14. The maximum atomic E-state index is 13.1. The molecule has 0 aliphatic heterocycles. The molecule has 3 rings (SSSR count). The molecule has 0 radical (unpaired) electrons. The number of carbonyl (C=O) groups is 1. The summed E-state index contributed by atoms with van der Waals surface area (Å²) in [6, 6.07) is 12.8. The molecule has 0 fully saturated rings. The molecule has 2 N–H and O–H groups in total. The Hall–Kier alpha value is -2.99. The Balaban J connectivity index is 1.68. The maximum Gasteiger partial charge on any atom is 0.275 e. The predicted molar refractivity (Wildman–Crippen MR) is 91.1 cm³/mol. The van der Waals surface area contributed by atoms with Crippen molar-refractivity contribution >= 4 is 34.7 Å². The van der Waals surface area contributed by atoms with E-state index in [9.17, 15) is 9.18 Å². The highest BCUT2D eigenvalue weighted by Gasteiger charge is 2.09. The van der Waals surface area contributed by atoms with Crippen LogP contribution in [0.5, 0.6) is 0 Å². The molecular weight excluding hydrogens is 331 g/mol. The summed E-state index contributed by atoms with van der Waals surface area (Å²) in [5.74, 6) is -0.354. The summed E-state index contributed by atoms with van der Waals surface area (Å²) in [6.07, 6.45) is 2.74. The Morgan fingerprint density at radius 1 is 1.00 bits per heavy atom. The predicted octanol–water partition coefficient (Wildman–Crippen LogP) is 4.27. The molecule has 0 unspecified atom stereocenters. The van der Waals surface area contributed by atoms with Gasteiger partial charge in [-0.25, -0.2) is 14.4 Å². The fraction of sp³-hybridized carbons (Fsp3) is 0. The molecular formula is C17H12ClFN4O. The Kier molecular flexibility index (Phi) is 4.67. The first-order valence-electron chi connectivity index (χ1n) is 7.02.